The molecule has 20 nitrogen and oxygen atoms in total. The Morgan fingerprint density at radius 1 is 0.430 bits per heavy atom. The molecule has 3 aromatic carbocycles. The number of hydrogen-bond acceptors (Lipinski definition) is 4. The lowest BCUT2D eigenvalue weighted by Crippen LogP contribution is -2.57. The van der Waals surface area contributed by atoms with Gasteiger partial charge in [-0.05, 0) is 204 Å². The van der Waals surface area contributed by atoms with Gasteiger partial charge in [0.25, 0.3) is 11.6 Å². The van der Waals surface area contributed by atoms with Gasteiger partial charge in [0.15, 0.2) is 31.4 Å². The van der Waals surface area contributed by atoms with Crippen LogP contribution in [0.3, 0.4) is 0 Å². The van der Waals surface area contributed by atoms with E-state index in [0.717, 1.165) is 23.2 Å². The first-order valence-corrected chi connectivity index (χ1v) is 37.5. The maximum atomic E-state index is 7.43. The maximum absolute atomic E-state index is 7.43. The predicted molar refractivity (Wildman–Crippen MR) is 487 cm³/mol. The van der Waals surface area contributed by atoms with Gasteiger partial charge in [-0.2, -0.15) is 42.1 Å². The van der Waals surface area contributed by atoms with Gasteiger partial charge in [-0.25, -0.2) is 0 Å². The molecule has 114 heavy (non-hydrogen) atoms. The standard InChI is InChI=1S/C20H31N2.2C12H17N2.C10H19N2.2C9H18N3.2C7H14N3.8CH4/c1-14(2)17-10-9-11-18(15(3)4)19(17)16-12-21(8)22(13-16)20(5,6)7;1-12(2,3)14-9-10-7-5-6-8-11(10)13(14)4;1-12(2,3)14-11-8-6-5-7-10(11)9-13(14)4;1-8-7-9(2)12(11(8)6)10(3,4)5;2*1-7-10-8(2)12(11(7)6)9(3,4)5;1-7(2,3)10-6-8-5-9(10)4;1-7(2,3)10-8-5-6-9(10)4;;;;;;;;/h9-15H,1-8H3;2*5-9H,1-4H3;7H,1-6H3;2*1-6H3;2*5-6H,1-4H3;8*1H4/q8*+1;;;;;;;;/i;;;2*1D3;;;;;;;;;;;. The highest BCUT2D eigenvalue weighted by Gasteiger charge is 2.33. The van der Waals surface area contributed by atoms with Crippen molar-refractivity contribution in [1.82, 2.24) is 57.6 Å². The average Bonchev–Trinajstić information content (AvgIpc) is 1.60. The molecule has 0 amide bonds. The first kappa shape index (κ1) is 102. The zero-order valence-electron chi connectivity index (χ0n) is 79.6. The molecule has 0 N–H and O–H groups in total. The lowest BCUT2D eigenvalue weighted by Gasteiger charge is -2.19. The molecule has 20 heteroatoms. The molecule has 0 bridgehead atoms. The highest BCUT2D eigenvalue weighted by Crippen LogP contribution is 2.36. The second-order valence-electron chi connectivity index (χ2n) is 36.7. The third-order valence-electron chi connectivity index (χ3n) is 17.9. The molecule has 0 aliphatic rings. The summed E-state index contributed by atoms with van der Waals surface area (Å²) in [7, 11) is 15.9. The number of rotatable bonds is 3. The number of aryl methyl sites for hydroxylation is 11. The van der Waals surface area contributed by atoms with Crippen LogP contribution in [0.5, 0.6) is 0 Å². The Balaban J connectivity index is -0.000000420. The monoisotopic (exact) mass is 1600 g/mol. The van der Waals surface area contributed by atoms with E-state index in [9.17, 15) is 0 Å². The third-order valence-corrected chi connectivity index (χ3v) is 17.9. The summed E-state index contributed by atoms with van der Waals surface area (Å²) in [6.07, 6.45) is 16.3. The minimum atomic E-state index is -2.16. The van der Waals surface area contributed by atoms with Gasteiger partial charge in [0, 0.05) is 95.5 Å². The Bertz CT molecular complexity index is 4700. The Labute approximate surface area is 708 Å². The van der Waals surface area contributed by atoms with Crippen LogP contribution in [-0.4, -0.2) is 57.6 Å². The van der Waals surface area contributed by atoms with Gasteiger partial charge in [0.2, 0.25) is 36.8 Å². The summed E-state index contributed by atoms with van der Waals surface area (Å²) >= 11 is 0. The Kier molecular flexibility index (Phi) is 39.3. The first-order valence-electron chi connectivity index (χ1n) is 40.5. The molecule has 0 fully saturated rings. The van der Waals surface area contributed by atoms with Crippen molar-refractivity contribution in [2.75, 3.05) is 0 Å². The number of para-hydroxylation sites is 2. The first-order chi connectivity index (χ1) is 50.6. The van der Waals surface area contributed by atoms with Crippen molar-refractivity contribution in [2.24, 2.45) is 56.4 Å². The molecule has 648 valence electrons. The van der Waals surface area contributed by atoms with E-state index in [1.807, 2.05) is 106 Å². The molecule has 0 radical (unpaired) electrons. The van der Waals surface area contributed by atoms with E-state index >= 15 is 0 Å². The van der Waals surface area contributed by atoms with Crippen LogP contribution in [0.4, 0.5) is 0 Å². The fraction of sp³-hybridized carbons (Fsp3) is 0.638. The minimum absolute atomic E-state index is 0. The molecule has 0 unspecified atom stereocenters. The van der Waals surface area contributed by atoms with Crippen molar-refractivity contribution in [3.8, 4) is 11.1 Å². The van der Waals surface area contributed by atoms with Crippen LogP contribution < -0.4 is 37.5 Å². The van der Waals surface area contributed by atoms with E-state index in [1.54, 1.807) is 42.0 Å². The summed E-state index contributed by atoms with van der Waals surface area (Å²) in [4.78, 5) is 14.5. The summed E-state index contributed by atoms with van der Waals surface area (Å²) in [6, 6.07) is 25.4. The topological polar surface area (TPSA) is 122 Å². The highest BCUT2D eigenvalue weighted by molar-refractivity contribution is 5.78. The van der Waals surface area contributed by atoms with Gasteiger partial charge >= 0.3 is 18.0 Å². The zero-order chi connectivity index (χ0) is 86.4. The molecule has 0 aliphatic heterocycles. The van der Waals surface area contributed by atoms with Crippen LogP contribution in [0.25, 0.3) is 32.9 Å². The molecule has 0 atom stereocenters. The maximum Gasteiger partial charge on any atom is 0.316 e. The molecule has 0 saturated heterocycles. The molecule has 0 saturated carbocycles. The van der Waals surface area contributed by atoms with Crippen molar-refractivity contribution in [3.05, 3.63) is 168 Å². The smallest absolute Gasteiger partial charge is 0.181 e. The van der Waals surface area contributed by atoms with E-state index in [0.29, 0.717) is 17.5 Å². The van der Waals surface area contributed by atoms with E-state index in [4.69, 9.17) is 8.22 Å². The van der Waals surface area contributed by atoms with Crippen LogP contribution in [-0.2, 0) is 101 Å². The Hall–Kier alpha value is -8.42. The van der Waals surface area contributed by atoms with Crippen molar-refractivity contribution in [1.29, 1.82) is 0 Å². The number of nitrogens with zero attached hydrogens (tertiary/aromatic N) is 20. The molecule has 8 heterocycles. The fourth-order valence-electron chi connectivity index (χ4n) is 13.9. The summed E-state index contributed by atoms with van der Waals surface area (Å²) in [5.74, 6) is 4.03. The largest absolute Gasteiger partial charge is 0.316 e. The van der Waals surface area contributed by atoms with Crippen LogP contribution in [0.2, 0.25) is 0 Å². The van der Waals surface area contributed by atoms with Gasteiger partial charge in [-0.15, -0.1) is 28.1 Å². The van der Waals surface area contributed by atoms with Gasteiger partial charge in [-0.1, -0.05) is 130 Å². The van der Waals surface area contributed by atoms with E-state index < -0.39 is 13.7 Å². The molecule has 8 aromatic heterocycles. The SMILES string of the molecule is C.C.C.C.C.C.C.C.CC(C)c1cccc(C(C)C)c1-c1cn(C(C)(C)C)[n+](C)c1.C[n+]1cc2ccccc2n1C(C)(C)C.C[n+]1ccnn1C(C)(C)C.C[n+]1cncn1C(C)(C)C.Cc1nc(C)[n+](C)n1C(C)(C)C.Cn1c2ccccc2c[n+]1C(C)(C)C.[2H]C([2H])([2H])c1cc(C)[n+](C(C)(C)C)n1C.[2H]C([2H])([2H])c1nc(C)[n+](C(C)(C)C)n1C. The van der Waals surface area contributed by atoms with Crippen LogP contribution >= 0.6 is 0 Å². The minimum Gasteiger partial charge on any atom is -0.181 e. The van der Waals surface area contributed by atoms with Crippen LogP contribution in [0.15, 0.2) is 123 Å². The van der Waals surface area contributed by atoms with E-state index in [-0.39, 0.29) is 110 Å². The number of fused-ring (bicyclic) bond motifs is 2. The third kappa shape index (κ3) is 29.7. The van der Waals surface area contributed by atoms with Crippen molar-refractivity contribution in [2.45, 2.75) is 351 Å². The van der Waals surface area contributed by atoms with E-state index in [2.05, 4.69) is 348 Å². The number of aromatic nitrogens is 20. The fourth-order valence-corrected chi connectivity index (χ4v) is 13.9. The van der Waals surface area contributed by atoms with Gasteiger partial charge in [-0.3, -0.25) is 0 Å². The summed E-state index contributed by atoms with van der Waals surface area (Å²) in [5, 5.41) is 6.76. The summed E-state index contributed by atoms with van der Waals surface area (Å²) in [5.41, 5.74) is 9.94. The van der Waals surface area contributed by atoms with Crippen molar-refractivity contribution < 1.29 is 45.7 Å². The summed E-state index contributed by atoms with van der Waals surface area (Å²) in [6.45, 7) is 64.4. The Morgan fingerprint density at radius 2 is 0.895 bits per heavy atom. The van der Waals surface area contributed by atoms with E-state index in [1.165, 1.54) is 44.1 Å². The molecule has 11 rings (SSSR count). The molecule has 11 aromatic rings. The molecular weight excluding hydrogens is 1410 g/mol. The normalized spacial score (nSPS) is 12.4. The highest BCUT2D eigenvalue weighted by atomic mass is 15.6. The number of benzene rings is 3. The van der Waals surface area contributed by atoms with Crippen molar-refractivity contribution >= 4 is 21.8 Å². The quantitative estimate of drug-likeness (QED) is 0.164. The molecular formula is C94H180N20+8. The molecule has 0 aliphatic carbocycles. The van der Waals surface area contributed by atoms with Gasteiger partial charge in [0.1, 0.15) is 43.3 Å². The number of hydrogen-bond donors (Lipinski definition) is 0. The van der Waals surface area contributed by atoms with Crippen molar-refractivity contribution in [3.63, 3.8) is 0 Å². The van der Waals surface area contributed by atoms with Gasteiger partial charge in [0.05, 0.1) is 71.5 Å². The van der Waals surface area contributed by atoms with Crippen LogP contribution in [0, 0.1) is 41.4 Å². The average molecular weight is 1600 g/mol. The molecule has 0 spiro atoms. The lowest BCUT2D eigenvalue weighted by molar-refractivity contribution is -0.829. The zero-order valence-corrected chi connectivity index (χ0v) is 73.6. The predicted octanol–water partition coefficient (Wildman–Crippen LogP) is 19.3. The summed E-state index contributed by atoms with van der Waals surface area (Å²) < 4.78 is 75.3. The lowest BCUT2D eigenvalue weighted by atomic mass is 9.86. The Morgan fingerprint density at radius 3 is 1.19 bits per heavy atom. The van der Waals surface area contributed by atoms with Crippen LogP contribution in [0.1, 0.15) is 319 Å². The van der Waals surface area contributed by atoms with Gasteiger partial charge < -0.3 is 0 Å². The second kappa shape index (κ2) is 44.1. The second-order valence-corrected chi connectivity index (χ2v) is 36.7.